The number of pyridine rings is 1. The maximum absolute atomic E-state index is 5.60. The van der Waals surface area contributed by atoms with Crippen molar-refractivity contribution in [2.45, 2.75) is 39.5 Å². The Balaban J connectivity index is 2.25. The van der Waals surface area contributed by atoms with E-state index >= 15 is 0 Å². The molecular formula is C12H20N2. The maximum atomic E-state index is 5.60. The lowest BCUT2D eigenvalue weighted by atomic mass is 10.0. The number of nitrogen functional groups attached to an aromatic ring is 1. The van der Waals surface area contributed by atoms with Crippen molar-refractivity contribution in [2.24, 2.45) is 5.92 Å². The second-order valence-corrected chi connectivity index (χ2v) is 4.23. The lowest BCUT2D eigenvalue weighted by molar-refractivity contribution is 0.538. The zero-order valence-corrected chi connectivity index (χ0v) is 9.16. The SMILES string of the molecule is CC(C)CCCCc1ccnc(N)c1. The fourth-order valence-electron chi connectivity index (χ4n) is 1.53. The number of aromatic nitrogens is 1. The van der Waals surface area contributed by atoms with Crippen molar-refractivity contribution in [3.05, 3.63) is 23.9 Å². The van der Waals surface area contributed by atoms with Crippen molar-refractivity contribution in [1.29, 1.82) is 0 Å². The Bertz CT molecular complexity index is 269. The topological polar surface area (TPSA) is 38.9 Å². The standard InChI is InChI=1S/C12H20N2/c1-10(2)5-3-4-6-11-7-8-14-12(13)9-11/h7-10H,3-6H2,1-2H3,(H2,13,14). The van der Waals surface area contributed by atoms with Gasteiger partial charge in [0.15, 0.2) is 0 Å². The van der Waals surface area contributed by atoms with E-state index in [9.17, 15) is 0 Å². The molecule has 0 aliphatic carbocycles. The van der Waals surface area contributed by atoms with E-state index in [-0.39, 0.29) is 0 Å². The first-order valence-electron chi connectivity index (χ1n) is 5.39. The largest absolute Gasteiger partial charge is 0.384 e. The summed E-state index contributed by atoms with van der Waals surface area (Å²) in [6, 6.07) is 4.01. The van der Waals surface area contributed by atoms with Gasteiger partial charge < -0.3 is 5.73 Å². The second kappa shape index (κ2) is 5.63. The molecule has 0 bridgehead atoms. The van der Waals surface area contributed by atoms with Crippen LogP contribution in [-0.2, 0) is 6.42 Å². The molecule has 2 heteroatoms. The van der Waals surface area contributed by atoms with Crippen LogP contribution >= 0.6 is 0 Å². The first-order chi connectivity index (χ1) is 6.68. The minimum Gasteiger partial charge on any atom is -0.384 e. The van der Waals surface area contributed by atoms with Gasteiger partial charge in [0.25, 0.3) is 0 Å². The molecule has 0 aliphatic heterocycles. The van der Waals surface area contributed by atoms with Gasteiger partial charge in [-0.1, -0.05) is 26.7 Å². The zero-order valence-electron chi connectivity index (χ0n) is 9.16. The minimum atomic E-state index is 0.631. The van der Waals surface area contributed by atoms with Crippen LogP contribution in [0.4, 0.5) is 5.82 Å². The molecule has 1 aromatic rings. The summed E-state index contributed by atoms with van der Waals surface area (Å²) in [5.74, 6) is 1.45. The quantitative estimate of drug-likeness (QED) is 0.728. The molecule has 1 aromatic heterocycles. The average Bonchev–Trinajstić information content (AvgIpc) is 2.12. The van der Waals surface area contributed by atoms with Gasteiger partial charge in [0, 0.05) is 6.20 Å². The molecule has 0 amide bonds. The van der Waals surface area contributed by atoms with Crippen molar-refractivity contribution >= 4 is 5.82 Å². The average molecular weight is 192 g/mol. The van der Waals surface area contributed by atoms with E-state index < -0.39 is 0 Å². The number of nitrogens with two attached hydrogens (primary N) is 1. The van der Waals surface area contributed by atoms with Crippen LogP contribution in [0.5, 0.6) is 0 Å². The molecule has 0 atom stereocenters. The van der Waals surface area contributed by atoms with Gasteiger partial charge in [0.1, 0.15) is 5.82 Å². The maximum Gasteiger partial charge on any atom is 0.123 e. The fraction of sp³-hybridized carbons (Fsp3) is 0.583. The summed E-state index contributed by atoms with van der Waals surface area (Å²) < 4.78 is 0. The van der Waals surface area contributed by atoms with Crippen LogP contribution < -0.4 is 5.73 Å². The number of rotatable bonds is 5. The molecule has 0 radical (unpaired) electrons. The molecule has 2 N–H and O–H groups in total. The van der Waals surface area contributed by atoms with Gasteiger partial charge in [-0.25, -0.2) is 4.98 Å². The van der Waals surface area contributed by atoms with Crippen LogP contribution in [0.25, 0.3) is 0 Å². The van der Waals surface area contributed by atoms with Crippen LogP contribution in [0.15, 0.2) is 18.3 Å². The first kappa shape index (κ1) is 11.0. The molecule has 0 saturated heterocycles. The number of aryl methyl sites for hydroxylation is 1. The third-order valence-corrected chi connectivity index (χ3v) is 2.34. The summed E-state index contributed by atoms with van der Waals surface area (Å²) in [5.41, 5.74) is 6.91. The van der Waals surface area contributed by atoms with E-state index in [1.54, 1.807) is 6.20 Å². The number of unbranched alkanes of at least 4 members (excludes halogenated alkanes) is 1. The van der Waals surface area contributed by atoms with Crippen LogP contribution in [0.3, 0.4) is 0 Å². The molecule has 0 aliphatic rings. The van der Waals surface area contributed by atoms with E-state index in [1.165, 1.54) is 24.8 Å². The van der Waals surface area contributed by atoms with Gasteiger partial charge in [0.2, 0.25) is 0 Å². The molecule has 78 valence electrons. The van der Waals surface area contributed by atoms with Gasteiger partial charge in [-0.05, 0) is 36.5 Å². The first-order valence-corrected chi connectivity index (χ1v) is 5.39. The molecule has 0 saturated carbocycles. The van der Waals surface area contributed by atoms with Crippen molar-refractivity contribution in [2.75, 3.05) is 5.73 Å². The van der Waals surface area contributed by atoms with Crippen molar-refractivity contribution in [3.8, 4) is 0 Å². The summed E-state index contributed by atoms with van der Waals surface area (Å²) >= 11 is 0. The van der Waals surface area contributed by atoms with Gasteiger partial charge in [-0.2, -0.15) is 0 Å². The van der Waals surface area contributed by atoms with E-state index in [0.717, 1.165) is 12.3 Å². The Morgan fingerprint density at radius 3 is 2.79 bits per heavy atom. The third-order valence-electron chi connectivity index (χ3n) is 2.34. The smallest absolute Gasteiger partial charge is 0.123 e. The van der Waals surface area contributed by atoms with Crippen molar-refractivity contribution in [3.63, 3.8) is 0 Å². The summed E-state index contributed by atoms with van der Waals surface area (Å²) in [6.07, 6.45) is 6.79. The molecular weight excluding hydrogens is 172 g/mol. The van der Waals surface area contributed by atoms with Gasteiger partial charge in [-0.15, -0.1) is 0 Å². The Hall–Kier alpha value is -1.05. The van der Waals surface area contributed by atoms with E-state index in [1.807, 2.05) is 12.1 Å². The van der Waals surface area contributed by atoms with Gasteiger partial charge in [-0.3, -0.25) is 0 Å². The third kappa shape index (κ3) is 4.26. The predicted octanol–water partition coefficient (Wildman–Crippen LogP) is 3.03. The molecule has 1 heterocycles. The molecule has 0 aromatic carbocycles. The predicted molar refractivity (Wildman–Crippen MR) is 61.0 cm³/mol. The summed E-state index contributed by atoms with van der Waals surface area (Å²) in [6.45, 7) is 4.54. The molecule has 0 spiro atoms. The van der Waals surface area contributed by atoms with E-state index in [0.29, 0.717) is 5.82 Å². The van der Waals surface area contributed by atoms with Crippen LogP contribution in [0, 0.1) is 5.92 Å². The van der Waals surface area contributed by atoms with Crippen LogP contribution in [0.1, 0.15) is 38.7 Å². The van der Waals surface area contributed by atoms with Gasteiger partial charge in [0.05, 0.1) is 0 Å². The Morgan fingerprint density at radius 2 is 2.14 bits per heavy atom. The normalized spacial score (nSPS) is 10.8. The van der Waals surface area contributed by atoms with E-state index in [4.69, 9.17) is 5.73 Å². The highest BCUT2D eigenvalue weighted by Gasteiger charge is 1.96. The molecule has 1 rings (SSSR count). The lowest BCUT2D eigenvalue weighted by Crippen LogP contribution is -1.93. The Morgan fingerprint density at radius 1 is 1.36 bits per heavy atom. The van der Waals surface area contributed by atoms with Crippen molar-refractivity contribution in [1.82, 2.24) is 4.98 Å². The Kier molecular flexibility index (Phi) is 4.44. The van der Waals surface area contributed by atoms with Crippen LogP contribution in [0.2, 0.25) is 0 Å². The second-order valence-electron chi connectivity index (χ2n) is 4.23. The zero-order chi connectivity index (χ0) is 10.4. The number of anilines is 1. The molecule has 0 unspecified atom stereocenters. The molecule has 2 nitrogen and oxygen atoms in total. The lowest BCUT2D eigenvalue weighted by Gasteiger charge is -2.04. The monoisotopic (exact) mass is 192 g/mol. The highest BCUT2D eigenvalue weighted by Crippen LogP contribution is 2.11. The minimum absolute atomic E-state index is 0.631. The fourth-order valence-corrected chi connectivity index (χ4v) is 1.53. The highest BCUT2D eigenvalue weighted by molar-refractivity contribution is 5.31. The highest BCUT2D eigenvalue weighted by atomic mass is 14.8. The Labute approximate surface area is 86.5 Å². The van der Waals surface area contributed by atoms with Gasteiger partial charge >= 0.3 is 0 Å². The van der Waals surface area contributed by atoms with Crippen LogP contribution in [-0.4, -0.2) is 4.98 Å². The number of nitrogens with zero attached hydrogens (tertiary/aromatic N) is 1. The summed E-state index contributed by atoms with van der Waals surface area (Å²) in [7, 11) is 0. The van der Waals surface area contributed by atoms with Crippen molar-refractivity contribution < 1.29 is 0 Å². The number of hydrogen-bond donors (Lipinski definition) is 1. The van der Waals surface area contributed by atoms with E-state index in [2.05, 4.69) is 18.8 Å². The summed E-state index contributed by atoms with van der Waals surface area (Å²) in [5, 5.41) is 0. The summed E-state index contributed by atoms with van der Waals surface area (Å²) in [4.78, 5) is 3.97. The molecule has 0 fully saturated rings. The number of hydrogen-bond acceptors (Lipinski definition) is 2. The molecule has 14 heavy (non-hydrogen) atoms.